The number of aromatic nitrogens is 3. The minimum absolute atomic E-state index is 0.0459. The standard InChI is InChI=1S/C18H22N4O2/c23-18(20-13-4-2-1-3-5-13)17-11-14-10-16(12-22(14)21-17)24-15-6-8-19-9-7-15/h6-9,11,13,16H,1-5,10,12H2,(H,20,23). The third-order valence-corrected chi connectivity index (χ3v) is 4.80. The molecular formula is C18H22N4O2. The average molecular weight is 326 g/mol. The van der Waals surface area contributed by atoms with Gasteiger partial charge in [0.2, 0.25) is 0 Å². The van der Waals surface area contributed by atoms with E-state index in [0.717, 1.165) is 30.7 Å². The van der Waals surface area contributed by atoms with Crippen molar-refractivity contribution in [1.29, 1.82) is 0 Å². The van der Waals surface area contributed by atoms with Crippen LogP contribution in [-0.4, -0.2) is 32.8 Å². The Morgan fingerprint density at radius 2 is 2.00 bits per heavy atom. The van der Waals surface area contributed by atoms with Crippen molar-refractivity contribution in [3.63, 3.8) is 0 Å². The summed E-state index contributed by atoms with van der Waals surface area (Å²) in [6, 6.07) is 5.91. The van der Waals surface area contributed by atoms with Crippen LogP contribution in [0.2, 0.25) is 0 Å². The minimum atomic E-state index is -0.0459. The molecule has 1 aliphatic carbocycles. The molecule has 6 nitrogen and oxygen atoms in total. The monoisotopic (exact) mass is 326 g/mol. The molecule has 2 aromatic heterocycles. The van der Waals surface area contributed by atoms with Crippen molar-refractivity contribution >= 4 is 5.91 Å². The molecule has 2 aromatic rings. The summed E-state index contributed by atoms with van der Waals surface area (Å²) in [7, 11) is 0. The number of hydrogen-bond acceptors (Lipinski definition) is 4. The Bertz CT molecular complexity index is 684. The highest BCUT2D eigenvalue weighted by Crippen LogP contribution is 2.22. The fourth-order valence-electron chi connectivity index (χ4n) is 3.57. The Kier molecular flexibility index (Phi) is 4.19. The molecule has 6 heteroatoms. The van der Waals surface area contributed by atoms with Crippen molar-refractivity contribution in [1.82, 2.24) is 20.1 Å². The molecule has 1 unspecified atom stereocenters. The predicted molar refractivity (Wildman–Crippen MR) is 88.9 cm³/mol. The van der Waals surface area contributed by atoms with Crippen LogP contribution in [0.25, 0.3) is 0 Å². The van der Waals surface area contributed by atoms with Crippen molar-refractivity contribution < 1.29 is 9.53 Å². The van der Waals surface area contributed by atoms with Gasteiger partial charge in [-0.3, -0.25) is 14.5 Å². The fourth-order valence-corrected chi connectivity index (χ4v) is 3.57. The number of nitrogens with one attached hydrogen (secondary N) is 1. The van der Waals surface area contributed by atoms with Crippen molar-refractivity contribution in [3.8, 4) is 5.75 Å². The normalized spacial score (nSPS) is 20.6. The van der Waals surface area contributed by atoms with Crippen LogP contribution in [0.15, 0.2) is 30.6 Å². The second-order valence-corrected chi connectivity index (χ2v) is 6.64. The van der Waals surface area contributed by atoms with Crippen molar-refractivity contribution in [2.45, 2.75) is 57.2 Å². The first kappa shape index (κ1) is 15.2. The predicted octanol–water partition coefficient (Wildman–Crippen LogP) is 2.34. The first-order valence-electron chi connectivity index (χ1n) is 8.72. The molecule has 1 aliphatic heterocycles. The summed E-state index contributed by atoms with van der Waals surface area (Å²) in [4.78, 5) is 16.4. The lowest BCUT2D eigenvalue weighted by Crippen LogP contribution is -2.36. The van der Waals surface area contributed by atoms with E-state index in [-0.39, 0.29) is 12.0 Å². The summed E-state index contributed by atoms with van der Waals surface area (Å²) in [6.45, 7) is 0.675. The number of carbonyl (C=O) groups excluding carboxylic acids is 1. The maximum absolute atomic E-state index is 12.4. The third-order valence-electron chi connectivity index (χ3n) is 4.80. The second kappa shape index (κ2) is 6.63. The third kappa shape index (κ3) is 3.27. The molecule has 0 spiro atoms. The summed E-state index contributed by atoms with van der Waals surface area (Å²) in [5.41, 5.74) is 1.58. The van der Waals surface area contributed by atoms with E-state index in [4.69, 9.17) is 4.74 Å². The molecule has 1 atom stereocenters. The number of carbonyl (C=O) groups is 1. The molecule has 2 aliphatic rings. The summed E-state index contributed by atoms with van der Waals surface area (Å²) >= 11 is 0. The van der Waals surface area contributed by atoms with E-state index in [1.807, 2.05) is 22.9 Å². The molecule has 1 saturated carbocycles. The van der Waals surface area contributed by atoms with E-state index < -0.39 is 0 Å². The first-order valence-corrected chi connectivity index (χ1v) is 8.72. The van der Waals surface area contributed by atoms with Gasteiger partial charge in [0.15, 0.2) is 0 Å². The molecule has 24 heavy (non-hydrogen) atoms. The van der Waals surface area contributed by atoms with Gasteiger partial charge in [-0.15, -0.1) is 0 Å². The van der Waals surface area contributed by atoms with Crippen LogP contribution in [0.5, 0.6) is 5.75 Å². The Morgan fingerprint density at radius 1 is 1.21 bits per heavy atom. The topological polar surface area (TPSA) is 69.0 Å². The number of nitrogens with zero attached hydrogens (tertiary/aromatic N) is 3. The molecule has 0 radical (unpaired) electrons. The molecule has 0 saturated heterocycles. The summed E-state index contributed by atoms with van der Waals surface area (Å²) in [5.74, 6) is 0.770. The zero-order valence-corrected chi connectivity index (χ0v) is 13.6. The Hall–Kier alpha value is -2.37. The maximum atomic E-state index is 12.4. The average Bonchev–Trinajstić information content (AvgIpc) is 3.15. The van der Waals surface area contributed by atoms with Crippen molar-refractivity contribution in [2.75, 3.05) is 0 Å². The van der Waals surface area contributed by atoms with Gasteiger partial charge in [-0.25, -0.2) is 0 Å². The number of amides is 1. The van der Waals surface area contributed by atoms with Gasteiger partial charge in [0.1, 0.15) is 17.5 Å². The van der Waals surface area contributed by atoms with Crippen LogP contribution in [0, 0.1) is 0 Å². The number of rotatable bonds is 4. The zero-order valence-electron chi connectivity index (χ0n) is 13.6. The van der Waals surface area contributed by atoms with Crippen LogP contribution in [-0.2, 0) is 13.0 Å². The fraction of sp³-hybridized carbons (Fsp3) is 0.500. The second-order valence-electron chi connectivity index (χ2n) is 6.64. The molecule has 1 fully saturated rings. The number of hydrogen-bond donors (Lipinski definition) is 1. The molecule has 0 bridgehead atoms. The van der Waals surface area contributed by atoms with E-state index >= 15 is 0 Å². The van der Waals surface area contributed by atoms with Crippen LogP contribution < -0.4 is 10.1 Å². The van der Waals surface area contributed by atoms with Crippen LogP contribution in [0.1, 0.15) is 48.3 Å². The molecule has 3 heterocycles. The number of ether oxygens (including phenoxy) is 1. The Labute approximate surface area is 141 Å². The Balaban J connectivity index is 1.35. The summed E-state index contributed by atoms with van der Waals surface area (Å²) in [5, 5.41) is 7.58. The summed E-state index contributed by atoms with van der Waals surface area (Å²) in [6.07, 6.45) is 10.1. The van der Waals surface area contributed by atoms with Gasteiger partial charge in [-0.2, -0.15) is 5.10 Å². The first-order chi connectivity index (χ1) is 11.8. The molecule has 0 aromatic carbocycles. The smallest absolute Gasteiger partial charge is 0.272 e. The van der Waals surface area contributed by atoms with Gasteiger partial charge in [-0.05, 0) is 31.0 Å². The van der Waals surface area contributed by atoms with Gasteiger partial charge in [0, 0.05) is 30.6 Å². The highest BCUT2D eigenvalue weighted by Gasteiger charge is 2.27. The van der Waals surface area contributed by atoms with Gasteiger partial charge >= 0.3 is 0 Å². The van der Waals surface area contributed by atoms with Crippen LogP contribution in [0.3, 0.4) is 0 Å². The zero-order chi connectivity index (χ0) is 16.4. The lowest BCUT2D eigenvalue weighted by atomic mass is 9.95. The van der Waals surface area contributed by atoms with E-state index in [0.29, 0.717) is 18.3 Å². The molecular weight excluding hydrogens is 304 g/mol. The van der Waals surface area contributed by atoms with E-state index in [1.165, 1.54) is 19.3 Å². The van der Waals surface area contributed by atoms with Crippen LogP contribution in [0.4, 0.5) is 0 Å². The molecule has 1 N–H and O–H groups in total. The minimum Gasteiger partial charge on any atom is -0.488 e. The van der Waals surface area contributed by atoms with Crippen molar-refractivity contribution in [3.05, 3.63) is 42.0 Å². The van der Waals surface area contributed by atoms with Gasteiger partial charge in [0.25, 0.3) is 5.91 Å². The van der Waals surface area contributed by atoms with Gasteiger partial charge in [-0.1, -0.05) is 19.3 Å². The summed E-state index contributed by atoms with van der Waals surface area (Å²) < 4.78 is 7.83. The number of fused-ring (bicyclic) bond motifs is 1. The highest BCUT2D eigenvalue weighted by atomic mass is 16.5. The van der Waals surface area contributed by atoms with Gasteiger partial charge < -0.3 is 10.1 Å². The molecule has 1 amide bonds. The van der Waals surface area contributed by atoms with Gasteiger partial charge in [0.05, 0.1) is 6.54 Å². The lowest BCUT2D eigenvalue weighted by molar-refractivity contribution is 0.0921. The maximum Gasteiger partial charge on any atom is 0.272 e. The molecule has 4 rings (SSSR count). The Morgan fingerprint density at radius 3 is 2.75 bits per heavy atom. The van der Waals surface area contributed by atoms with E-state index in [1.54, 1.807) is 12.4 Å². The van der Waals surface area contributed by atoms with E-state index in [2.05, 4.69) is 15.4 Å². The quantitative estimate of drug-likeness (QED) is 0.936. The van der Waals surface area contributed by atoms with Crippen molar-refractivity contribution in [2.24, 2.45) is 0 Å². The van der Waals surface area contributed by atoms with E-state index in [9.17, 15) is 4.79 Å². The number of pyridine rings is 1. The largest absolute Gasteiger partial charge is 0.488 e. The van der Waals surface area contributed by atoms with Crippen LogP contribution >= 0.6 is 0 Å². The molecule has 126 valence electrons. The SMILES string of the molecule is O=C(NC1CCCCC1)c1cc2n(n1)CC(Oc1ccncc1)C2. The highest BCUT2D eigenvalue weighted by molar-refractivity contribution is 5.92. The lowest BCUT2D eigenvalue weighted by Gasteiger charge is -2.22.